The van der Waals surface area contributed by atoms with E-state index in [1.165, 1.54) is 6.07 Å². The highest BCUT2D eigenvalue weighted by atomic mass is 19.4. The molecule has 216 valence electrons. The molecule has 3 aromatic rings. The van der Waals surface area contributed by atoms with Gasteiger partial charge in [-0.15, -0.1) is 0 Å². The summed E-state index contributed by atoms with van der Waals surface area (Å²) in [4.78, 5) is 23.4. The van der Waals surface area contributed by atoms with Crippen LogP contribution in [0.3, 0.4) is 0 Å². The predicted octanol–water partition coefficient (Wildman–Crippen LogP) is 6.50. The van der Waals surface area contributed by atoms with Crippen LogP contribution in [0.2, 0.25) is 0 Å². The lowest BCUT2D eigenvalue weighted by molar-refractivity contribution is -0.322. The zero-order valence-corrected chi connectivity index (χ0v) is 20.1. The fourth-order valence-electron chi connectivity index (χ4n) is 3.33. The third kappa shape index (κ3) is 6.02. The summed E-state index contributed by atoms with van der Waals surface area (Å²) < 4.78 is 143. The summed E-state index contributed by atoms with van der Waals surface area (Å²) in [6, 6.07) is 6.56. The van der Waals surface area contributed by atoms with Gasteiger partial charge in [0.15, 0.2) is 13.2 Å². The molecule has 0 radical (unpaired) electrons. The Labute approximate surface area is 218 Å². The number of esters is 1. The molecule has 0 aliphatic carbocycles. The van der Waals surface area contributed by atoms with E-state index in [-0.39, 0.29) is 11.1 Å². The molecular weight excluding hydrogens is 567 g/mol. The van der Waals surface area contributed by atoms with Crippen molar-refractivity contribution >= 4 is 16.9 Å². The van der Waals surface area contributed by atoms with Crippen molar-refractivity contribution < 1.29 is 62.9 Å². The second kappa shape index (κ2) is 10.8. The van der Waals surface area contributed by atoms with Crippen molar-refractivity contribution in [1.29, 1.82) is 0 Å². The van der Waals surface area contributed by atoms with E-state index < -0.39 is 76.8 Å². The average molecular weight is 584 g/mol. The maximum absolute atomic E-state index is 14.1. The van der Waals surface area contributed by atoms with Crippen molar-refractivity contribution in [3.8, 4) is 22.6 Å². The van der Waals surface area contributed by atoms with Gasteiger partial charge in [0.1, 0.15) is 17.1 Å². The summed E-state index contributed by atoms with van der Waals surface area (Å²) in [6.07, 6.45) is -4.52. The lowest BCUT2D eigenvalue weighted by Gasteiger charge is -2.32. The first-order valence-corrected chi connectivity index (χ1v) is 10.8. The molecule has 0 spiro atoms. The number of fused-ring (bicyclic) bond motifs is 1. The van der Waals surface area contributed by atoms with Crippen molar-refractivity contribution in [2.45, 2.75) is 23.9 Å². The summed E-state index contributed by atoms with van der Waals surface area (Å²) in [5.41, 5.74) is -3.94. The number of carbonyl (C=O) groups is 1. The van der Waals surface area contributed by atoms with Crippen LogP contribution in [0, 0.1) is 0 Å². The topological polar surface area (TPSA) is 75.0 Å². The van der Waals surface area contributed by atoms with Gasteiger partial charge in [0, 0.05) is 23.1 Å². The van der Waals surface area contributed by atoms with Crippen molar-refractivity contribution in [3.05, 3.63) is 71.1 Å². The van der Waals surface area contributed by atoms with Crippen LogP contribution < -0.4 is 15.1 Å². The maximum Gasteiger partial charge on any atom is 0.417 e. The molecule has 0 bridgehead atoms. The van der Waals surface area contributed by atoms with Crippen LogP contribution in [-0.4, -0.2) is 44.1 Å². The van der Waals surface area contributed by atoms with Gasteiger partial charge < -0.3 is 18.6 Å². The normalized spacial score (nSPS) is 12.8. The van der Waals surface area contributed by atoms with Crippen LogP contribution in [0.25, 0.3) is 22.1 Å². The van der Waals surface area contributed by atoms with Gasteiger partial charge in [-0.05, 0) is 36.4 Å². The van der Waals surface area contributed by atoms with E-state index in [1.54, 1.807) is 0 Å². The highest BCUT2D eigenvalue weighted by Crippen LogP contribution is 2.46. The molecule has 15 heteroatoms. The number of halogens is 9. The lowest BCUT2D eigenvalue weighted by Crippen LogP contribution is -2.58. The third-order valence-corrected chi connectivity index (χ3v) is 5.43. The average Bonchev–Trinajstić information content (AvgIpc) is 2.89. The molecule has 0 atom stereocenters. The van der Waals surface area contributed by atoms with Crippen LogP contribution in [0.15, 0.2) is 64.3 Å². The molecule has 0 saturated carbocycles. The summed E-state index contributed by atoms with van der Waals surface area (Å²) in [5, 5.41) is -0.0152. The van der Waals surface area contributed by atoms with E-state index in [4.69, 9.17) is 9.15 Å². The van der Waals surface area contributed by atoms with Gasteiger partial charge in [0.25, 0.3) is 0 Å². The lowest BCUT2D eigenvalue weighted by atomic mass is 9.99. The van der Waals surface area contributed by atoms with Crippen LogP contribution in [0.1, 0.15) is 5.56 Å². The molecule has 6 nitrogen and oxygen atoms in total. The van der Waals surface area contributed by atoms with Crippen LogP contribution in [0.4, 0.5) is 39.5 Å². The molecule has 1 aromatic heterocycles. The first-order valence-electron chi connectivity index (χ1n) is 10.8. The standard InChI is InChI=1S/C25H17F9O6/c1-3-20(35)39-12-23(28,29)25(33,34)22(26,27)11-38-15-5-4-13-8-17(21(36)40-19(13)10-15)16-7-6-14(37-2)9-18(16)24(30,31)32/h3-10H,1,11-12H2,2H3. The molecule has 40 heavy (non-hydrogen) atoms. The van der Waals surface area contributed by atoms with Crippen LogP contribution >= 0.6 is 0 Å². The van der Waals surface area contributed by atoms with Gasteiger partial charge in [0.05, 0.1) is 18.2 Å². The number of benzene rings is 2. The van der Waals surface area contributed by atoms with Crippen molar-refractivity contribution in [2.75, 3.05) is 20.3 Å². The van der Waals surface area contributed by atoms with Gasteiger partial charge >= 0.3 is 35.5 Å². The molecule has 0 aliphatic rings. The largest absolute Gasteiger partial charge is 0.497 e. The number of alkyl halides is 9. The van der Waals surface area contributed by atoms with Crippen LogP contribution in [0.5, 0.6) is 11.5 Å². The first kappa shape index (κ1) is 30.4. The monoisotopic (exact) mass is 584 g/mol. The van der Waals surface area contributed by atoms with Crippen LogP contribution in [-0.2, 0) is 15.7 Å². The summed E-state index contributed by atoms with van der Waals surface area (Å²) in [5.74, 6) is -19.3. The number of ether oxygens (including phenoxy) is 3. The molecule has 0 saturated heterocycles. The molecule has 0 N–H and O–H groups in total. The van der Waals surface area contributed by atoms with E-state index in [9.17, 15) is 49.1 Å². The SMILES string of the molecule is C=CC(=O)OCC(F)(F)C(F)(F)C(F)(F)COc1ccc2cc(-c3ccc(OC)cc3C(F)(F)F)c(=O)oc2c1. The number of hydrogen-bond donors (Lipinski definition) is 0. The van der Waals surface area contributed by atoms with Gasteiger partial charge in [-0.25, -0.2) is 9.59 Å². The molecule has 0 aliphatic heterocycles. The molecule has 0 fully saturated rings. The van der Waals surface area contributed by atoms with Gasteiger partial charge in [0.2, 0.25) is 0 Å². The Bertz CT molecular complexity index is 1480. The molecule has 0 unspecified atom stereocenters. The Morgan fingerprint density at radius 1 is 0.875 bits per heavy atom. The maximum atomic E-state index is 14.1. The Morgan fingerprint density at radius 2 is 1.50 bits per heavy atom. The number of methoxy groups -OCH3 is 1. The highest BCUT2D eigenvalue weighted by molar-refractivity contribution is 5.83. The molecule has 3 rings (SSSR count). The number of carbonyl (C=O) groups excluding carboxylic acids is 1. The van der Waals surface area contributed by atoms with E-state index >= 15 is 0 Å². The number of hydrogen-bond acceptors (Lipinski definition) is 6. The highest BCUT2D eigenvalue weighted by Gasteiger charge is 2.72. The second-order valence-corrected chi connectivity index (χ2v) is 8.14. The van der Waals surface area contributed by atoms with E-state index in [0.29, 0.717) is 12.1 Å². The Balaban J connectivity index is 1.88. The van der Waals surface area contributed by atoms with E-state index in [0.717, 1.165) is 37.4 Å². The fraction of sp³-hybridized carbons (Fsp3) is 0.280. The van der Waals surface area contributed by atoms with E-state index in [2.05, 4.69) is 16.1 Å². The minimum absolute atomic E-state index is 0.0152. The molecule has 1 heterocycles. The Hall–Kier alpha value is -4.17. The van der Waals surface area contributed by atoms with Crippen molar-refractivity contribution in [3.63, 3.8) is 0 Å². The summed E-state index contributed by atoms with van der Waals surface area (Å²) in [7, 11) is 1.14. The van der Waals surface area contributed by atoms with Crippen molar-refractivity contribution in [2.24, 2.45) is 0 Å². The quantitative estimate of drug-likeness (QED) is 0.117. The summed E-state index contributed by atoms with van der Waals surface area (Å²) in [6.45, 7) is -1.79. The zero-order valence-electron chi connectivity index (χ0n) is 20.1. The smallest absolute Gasteiger partial charge is 0.417 e. The number of rotatable bonds is 10. The molecule has 2 aromatic carbocycles. The Kier molecular flexibility index (Phi) is 8.18. The van der Waals surface area contributed by atoms with Gasteiger partial charge in [-0.3, -0.25) is 0 Å². The minimum Gasteiger partial charge on any atom is -0.497 e. The summed E-state index contributed by atoms with van der Waals surface area (Å²) >= 11 is 0. The van der Waals surface area contributed by atoms with E-state index in [1.807, 2.05) is 0 Å². The first-order chi connectivity index (χ1) is 18.4. The minimum atomic E-state index is -6.03. The third-order valence-electron chi connectivity index (χ3n) is 5.43. The Morgan fingerprint density at radius 3 is 2.10 bits per heavy atom. The zero-order chi connectivity index (χ0) is 30.1. The van der Waals surface area contributed by atoms with Gasteiger partial charge in [-0.1, -0.05) is 6.58 Å². The van der Waals surface area contributed by atoms with Gasteiger partial charge in [-0.2, -0.15) is 39.5 Å². The molecule has 0 amide bonds. The predicted molar refractivity (Wildman–Crippen MR) is 121 cm³/mol. The second-order valence-electron chi connectivity index (χ2n) is 8.14. The fourth-order valence-corrected chi connectivity index (χ4v) is 3.33. The molecular formula is C25H17F9O6. The van der Waals surface area contributed by atoms with Crippen molar-refractivity contribution in [1.82, 2.24) is 0 Å².